The van der Waals surface area contributed by atoms with Crippen LogP contribution in [0.25, 0.3) is 10.8 Å². The zero-order chi connectivity index (χ0) is 29.4. The van der Waals surface area contributed by atoms with E-state index >= 15 is 0 Å². The molecule has 1 fully saturated rings. The van der Waals surface area contributed by atoms with Gasteiger partial charge in [-0.3, -0.25) is 14.5 Å². The molecule has 214 valence electrons. The van der Waals surface area contributed by atoms with Crippen LogP contribution in [0.5, 0.6) is 0 Å². The number of anilines is 3. The molecule has 2 amide bonds. The van der Waals surface area contributed by atoms with Crippen LogP contribution in [-0.4, -0.2) is 42.7 Å². The van der Waals surface area contributed by atoms with E-state index in [1.54, 1.807) is 9.80 Å². The van der Waals surface area contributed by atoms with Gasteiger partial charge in [-0.15, -0.1) is 0 Å². The molecule has 4 atom stereocenters. The zero-order valence-electron chi connectivity index (χ0n) is 23.9. The molecule has 1 saturated heterocycles. The third kappa shape index (κ3) is 3.76. The lowest BCUT2D eigenvalue weighted by molar-refractivity contribution is -0.146. The summed E-state index contributed by atoms with van der Waals surface area (Å²) in [5.74, 6) is -0.632. The number of fused-ring (bicyclic) bond motifs is 2. The summed E-state index contributed by atoms with van der Waals surface area (Å²) in [6.07, 6.45) is -0.142. The number of ether oxygens (including phenoxy) is 1. The second kappa shape index (κ2) is 9.60. The molecule has 0 unspecified atom stereocenters. The van der Waals surface area contributed by atoms with Gasteiger partial charge in [-0.1, -0.05) is 61.5 Å². The summed E-state index contributed by atoms with van der Waals surface area (Å²) < 4.78 is 6.79. The number of rotatable bonds is 6. The Bertz CT molecular complexity index is 1730. The number of hydrogen-bond donors (Lipinski definition) is 2. The molecule has 42 heavy (non-hydrogen) atoms. The topological polar surface area (TPSA) is 90.3 Å². The summed E-state index contributed by atoms with van der Waals surface area (Å²) >= 11 is 0. The number of amides is 2. The fraction of sp³-hybridized carbons (Fsp3) is 0.294. The van der Waals surface area contributed by atoms with Crippen LogP contribution < -0.4 is 9.80 Å². The molecule has 3 heterocycles. The zero-order valence-corrected chi connectivity index (χ0v) is 24.9. The Kier molecular flexibility index (Phi) is 6.18. The van der Waals surface area contributed by atoms with E-state index in [9.17, 15) is 19.5 Å². The van der Waals surface area contributed by atoms with Crippen molar-refractivity contribution in [3.8, 4) is 0 Å². The van der Waals surface area contributed by atoms with Gasteiger partial charge in [0.15, 0.2) is 13.9 Å². The second-order valence-corrected chi connectivity index (χ2v) is 16.2. The highest BCUT2D eigenvalue weighted by molar-refractivity contribution is 6.71. The first-order valence-corrected chi connectivity index (χ1v) is 17.6. The maximum absolute atomic E-state index is 14.6. The molecule has 0 aliphatic carbocycles. The lowest BCUT2D eigenvalue weighted by atomic mass is 9.82. The van der Waals surface area contributed by atoms with Crippen molar-refractivity contribution in [3.63, 3.8) is 0 Å². The summed E-state index contributed by atoms with van der Waals surface area (Å²) in [5.41, 5.74) is 2.94. The Labute approximate surface area is 246 Å². The fourth-order valence-electron chi connectivity index (χ4n) is 7.70. The number of carbonyl (C=O) groups excluding carboxylic acids is 2. The first-order valence-electron chi connectivity index (χ1n) is 14.5. The van der Waals surface area contributed by atoms with Crippen LogP contribution in [0.3, 0.4) is 0 Å². The van der Waals surface area contributed by atoms with Crippen molar-refractivity contribution >= 4 is 48.0 Å². The standard InChI is InChI=1S/C34H34N2O5Si/c1-21-31(42(2,3)40)29(17-18-37)41-34(21)26-19-24(15-16-27(26)35(33(34)39)20-22-9-5-4-6-10-22)36-28-14-8-12-23-11-7-13-25(30(23)28)32(36)38/h4-16,19,21,29,31,37,40H,17-18,20H2,1-3H3/t21-,29+,31-,34+/m1/s1. The van der Waals surface area contributed by atoms with E-state index < -0.39 is 20.0 Å². The number of aliphatic hydroxyl groups is 1. The maximum Gasteiger partial charge on any atom is 0.264 e. The van der Waals surface area contributed by atoms with Crippen LogP contribution in [-0.2, 0) is 21.7 Å². The quantitative estimate of drug-likeness (QED) is 0.280. The minimum absolute atomic E-state index is 0.103. The summed E-state index contributed by atoms with van der Waals surface area (Å²) in [6, 6.07) is 27.3. The molecule has 3 aliphatic heterocycles. The molecule has 1 spiro atoms. The van der Waals surface area contributed by atoms with Crippen LogP contribution in [0.2, 0.25) is 18.6 Å². The number of benzene rings is 4. The predicted molar refractivity (Wildman–Crippen MR) is 165 cm³/mol. The lowest BCUT2D eigenvalue weighted by Gasteiger charge is -2.32. The van der Waals surface area contributed by atoms with Crippen molar-refractivity contribution in [1.82, 2.24) is 0 Å². The molecule has 0 aromatic heterocycles. The molecule has 7 rings (SSSR count). The normalized spacial score (nSPS) is 24.8. The van der Waals surface area contributed by atoms with E-state index in [-0.39, 0.29) is 29.9 Å². The van der Waals surface area contributed by atoms with Gasteiger partial charge in [0.1, 0.15) is 0 Å². The van der Waals surface area contributed by atoms with E-state index in [0.717, 1.165) is 27.7 Å². The molecule has 2 N–H and O–H groups in total. The van der Waals surface area contributed by atoms with Gasteiger partial charge < -0.3 is 19.5 Å². The van der Waals surface area contributed by atoms with E-state index in [1.165, 1.54) is 0 Å². The van der Waals surface area contributed by atoms with Crippen molar-refractivity contribution in [3.05, 3.63) is 102 Å². The number of hydrogen-bond acceptors (Lipinski definition) is 5. The third-order valence-corrected chi connectivity index (χ3v) is 11.9. The summed E-state index contributed by atoms with van der Waals surface area (Å²) in [5, 5.41) is 11.8. The van der Waals surface area contributed by atoms with Gasteiger partial charge in [0.05, 0.1) is 29.6 Å². The smallest absolute Gasteiger partial charge is 0.264 e. The number of aliphatic hydroxyl groups excluding tert-OH is 1. The fourth-order valence-corrected chi connectivity index (χ4v) is 10.3. The van der Waals surface area contributed by atoms with E-state index in [2.05, 4.69) is 0 Å². The Morgan fingerprint density at radius 3 is 2.38 bits per heavy atom. The molecule has 0 radical (unpaired) electrons. The Morgan fingerprint density at radius 1 is 0.929 bits per heavy atom. The van der Waals surface area contributed by atoms with Crippen LogP contribution in [0.1, 0.15) is 34.8 Å². The van der Waals surface area contributed by atoms with Gasteiger partial charge in [0.25, 0.3) is 11.8 Å². The molecule has 3 aliphatic rings. The highest BCUT2D eigenvalue weighted by Gasteiger charge is 2.66. The van der Waals surface area contributed by atoms with Gasteiger partial charge in [0, 0.05) is 34.7 Å². The van der Waals surface area contributed by atoms with Gasteiger partial charge in [-0.05, 0) is 60.8 Å². The maximum atomic E-state index is 14.6. The molecule has 8 heteroatoms. The molecular formula is C34H34N2O5Si. The molecule has 7 nitrogen and oxygen atoms in total. The average molecular weight is 579 g/mol. The number of nitrogens with zero attached hydrogens (tertiary/aromatic N) is 2. The highest BCUT2D eigenvalue weighted by Crippen LogP contribution is 2.60. The van der Waals surface area contributed by atoms with E-state index in [4.69, 9.17) is 4.74 Å². The Hall–Kier alpha value is -3.82. The van der Waals surface area contributed by atoms with Crippen LogP contribution in [0.15, 0.2) is 84.9 Å². The van der Waals surface area contributed by atoms with Gasteiger partial charge >= 0.3 is 0 Å². The minimum Gasteiger partial charge on any atom is -0.432 e. The van der Waals surface area contributed by atoms with Crippen LogP contribution in [0.4, 0.5) is 17.1 Å². The molecule has 4 aromatic carbocycles. The van der Waals surface area contributed by atoms with Crippen LogP contribution >= 0.6 is 0 Å². The molecule has 4 aromatic rings. The molecule has 0 saturated carbocycles. The molecule has 0 bridgehead atoms. The van der Waals surface area contributed by atoms with E-state index in [0.29, 0.717) is 29.8 Å². The monoisotopic (exact) mass is 578 g/mol. The third-order valence-electron chi connectivity index (χ3n) is 9.38. The van der Waals surface area contributed by atoms with Gasteiger partial charge in [-0.25, -0.2) is 0 Å². The van der Waals surface area contributed by atoms with Crippen molar-refractivity contribution in [2.24, 2.45) is 5.92 Å². The Morgan fingerprint density at radius 2 is 1.67 bits per heavy atom. The lowest BCUT2D eigenvalue weighted by Crippen LogP contribution is -2.46. The predicted octanol–water partition coefficient (Wildman–Crippen LogP) is 5.86. The van der Waals surface area contributed by atoms with Crippen molar-refractivity contribution < 1.29 is 24.2 Å². The SMILES string of the molecule is C[C@@H]1[C@@H]([Si](C)(C)O)[C@H](CCO)O[C@@]12C(=O)N(Cc1ccccc1)c1ccc(N3C(=O)c4cccc5cccc3c45)cc12. The number of carbonyl (C=O) groups is 2. The second-order valence-electron chi connectivity index (χ2n) is 12.3. The van der Waals surface area contributed by atoms with Crippen molar-refractivity contribution in [2.75, 3.05) is 16.4 Å². The summed E-state index contributed by atoms with van der Waals surface area (Å²) in [4.78, 5) is 43.4. The first kappa shape index (κ1) is 27.0. The minimum atomic E-state index is -2.82. The van der Waals surface area contributed by atoms with Gasteiger partial charge in [-0.2, -0.15) is 0 Å². The van der Waals surface area contributed by atoms with Crippen LogP contribution in [0, 0.1) is 5.92 Å². The van der Waals surface area contributed by atoms with Gasteiger partial charge in [0.2, 0.25) is 0 Å². The molecular weight excluding hydrogens is 544 g/mol. The Balaban J connectivity index is 1.40. The summed E-state index contributed by atoms with van der Waals surface area (Å²) in [7, 11) is -2.82. The van der Waals surface area contributed by atoms with Crippen molar-refractivity contribution in [1.29, 1.82) is 0 Å². The largest absolute Gasteiger partial charge is 0.432 e. The highest BCUT2D eigenvalue weighted by atomic mass is 28.4. The van der Waals surface area contributed by atoms with E-state index in [1.807, 2.05) is 105 Å². The summed E-state index contributed by atoms with van der Waals surface area (Å²) in [6.45, 7) is 6.01. The van der Waals surface area contributed by atoms with Crippen molar-refractivity contribution in [2.45, 2.75) is 50.2 Å². The first-order chi connectivity index (χ1) is 20.2. The average Bonchev–Trinajstić information content (AvgIpc) is 3.52.